The van der Waals surface area contributed by atoms with E-state index in [1.807, 2.05) is 18.2 Å². The first-order valence-corrected chi connectivity index (χ1v) is 11.0. The number of halogens is 3. The minimum Gasteiger partial charge on any atom is -1.00 e. The number of hydrogen-bond acceptors (Lipinski definition) is 2. The van der Waals surface area contributed by atoms with Crippen LogP contribution in [0.1, 0.15) is 35.6 Å². The highest BCUT2D eigenvalue weighted by Crippen LogP contribution is 2.31. The molecule has 0 spiro atoms. The molecule has 2 atom stereocenters. The number of rotatable bonds is 7. The number of nitrogens with zero attached hydrogens (tertiary/aromatic N) is 1. The molecule has 1 unspecified atom stereocenters. The third kappa shape index (κ3) is 6.84. The fourth-order valence-corrected chi connectivity index (χ4v) is 4.72. The van der Waals surface area contributed by atoms with Crippen LogP contribution in [0.3, 0.4) is 0 Å². The van der Waals surface area contributed by atoms with Crippen LogP contribution in [0, 0.1) is 17.6 Å². The molecule has 1 aliphatic rings. The van der Waals surface area contributed by atoms with Gasteiger partial charge in [-0.2, -0.15) is 0 Å². The molecule has 3 aromatic rings. The predicted octanol–water partition coefficient (Wildman–Crippen LogP) is 2.66. The van der Waals surface area contributed by atoms with Gasteiger partial charge >= 0.3 is 5.97 Å². The molecular weight excluding hydrogens is 535 g/mol. The van der Waals surface area contributed by atoms with Crippen molar-refractivity contribution in [1.82, 2.24) is 0 Å². The molecule has 0 aromatic heterocycles. The van der Waals surface area contributed by atoms with Crippen molar-refractivity contribution >= 4 is 5.97 Å². The maximum absolute atomic E-state index is 13.8. The monoisotopic (exact) mass is 563 g/mol. The van der Waals surface area contributed by atoms with Crippen LogP contribution in [-0.2, 0) is 16.1 Å². The number of ether oxygens (including phenoxy) is 1. The summed E-state index contributed by atoms with van der Waals surface area (Å²) in [7, 11) is 2.22. The zero-order valence-electron chi connectivity index (χ0n) is 18.6. The normalized spacial score (nSPS) is 19.8. The molecule has 3 aromatic carbocycles. The maximum Gasteiger partial charge on any atom is 0.307 e. The van der Waals surface area contributed by atoms with E-state index in [0.29, 0.717) is 17.5 Å². The summed E-state index contributed by atoms with van der Waals surface area (Å²) in [6, 6.07) is 22.2. The van der Waals surface area contributed by atoms with Crippen LogP contribution in [0.2, 0.25) is 0 Å². The molecular formula is C27H28F2INO2. The average Bonchev–Trinajstić information content (AvgIpc) is 3.12. The minimum absolute atomic E-state index is 0. The molecule has 0 radical (unpaired) electrons. The average molecular weight is 563 g/mol. The van der Waals surface area contributed by atoms with Gasteiger partial charge in [0.1, 0.15) is 18.2 Å². The largest absolute Gasteiger partial charge is 1.00 e. The molecule has 0 amide bonds. The van der Waals surface area contributed by atoms with Gasteiger partial charge in [0.15, 0.2) is 6.10 Å². The van der Waals surface area contributed by atoms with E-state index in [1.165, 1.54) is 29.8 Å². The van der Waals surface area contributed by atoms with Crippen molar-refractivity contribution < 1.29 is 46.8 Å². The van der Waals surface area contributed by atoms with Crippen LogP contribution in [0.25, 0.3) is 0 Å². The van der Waals surface area contributed by atoms with Crippen LogP contribution in [-0.4, -0.2) is 30.6 Å². The van der Waals surface area contributed by atoms with E-state index in [0.717, 1.165) is 30.5 Å². The van der Waals surface area contributed by atoms with E-state index >= 15 is 0 Å². The van der Waals surface area contributed by atoms with Crippen LogP contribution < -0.4 is 24.0 Å². The Morgan fingerprint density at radius 3 is 2.15 bits per heavy atom. The van der Waals surface area contributed by atoms with Crippen molar-refractivity contribution in [3.63, 3.8) is 0 Å². The predicted molar refractivity (Wildman–Crippen MR) is 120 cm³/mol. The highest BCUT2D eigenvalue weighted by Gasteiger charge is 2.36. The molecule has 1 heterocycles. The van der Waals surface area contributed by atoms with Crippen molar-refractivity contribution in [3.05, 3.63) is 107 Å². The maximum atomic E-state index is 13.8. The quantitative estimate of drug-likeness (QED) is 0.251. The van der Waals surface area contributed by atoms with Gasteiger partial charge in [-0.05, 0) is 35.4 Å². The molecule has 4 rings (SSSR count). The van der Waals surface area contributed by atoms with Crippen LogP contribution in [0.4, 0.5) is 8.78 Å². The second-order valence-electron chi connectivity index (χ2n) is 9.01. The van der Waals surface area contributed by atoms with Crippen molar-refractivity contribution in [2.24, 2.45) is 5.92 Å². The van der Waals surface area contributed by atoms with E-state index in [9.17, 15) is 13.6 Å². The first kappa shape index (κ1) is 25.3. The summed E-state index contributed by atoms with van der Waals surface area (Å²) in [6.45, 7) is 2.83. The lowest BCUT2D eigenvalue weighted by molar-refractivity contribution is -0.912. The first-order chi connectivity index (χ1) is 15.4. The third-order valence-corrected chi connectivity index (χ3v) is 6.19. The smallest absolute Gasteiger partial charge is 0.307 e. The lowest BCUT2D eigenvalue weighted by Crippen LogP contribution is -3.00. The lowest BCUT2D eigenvalue weighted by atomic mass is 10.0. The van der Waals surface area contributed by atoms with Gasteiger partial charge in [-0.15, -0.1) is 0 Å². The standard InChI is InChI=1S/C27H28F2NO2.HI/c1-30(18-20-7-3-2-4-8-20)14-13-21(19-30)15-26(31)32-27(22-9-5-11-24(28)16-22)23-10-6-12-25(29)17-23;/h2-12,16-17,21,27H,13-15,18-19H2,1H3;1H/q+1;/p-1/t21-,30?;/m0./s1. The Bertz CT molecular complexity index is 1030. The molecule has 1 saturated heterocycles. The SMILES string of the molecule is C[N+]1(Cc2ccccc2)CC[C@@H](CC(=O)OC(c2cccc(F)c2)c2cccc(F)c2)C1.[I-]. The summed E-state index contributed by atoms with van der Waals surface area (Å²) >= 11 is 0. The summed E-state index contributed by atoms with van der Waals surface area (Å²) in [5.41, 5.74) is 2.26. The van der Waals surface area contributed by atoms with Gasteiger partial charge < -0.3 is 33.2 Å². The van der Waals surface area contributed by atoms with E-state index in [-0.39, 0.29) is 35.9 Å². The molecule has 174 valence electrons. The Labute approximate surface area is 211 Å². The van der Waals surface area contributed by atoms with Crippen LogP contribution in [0.15, 0.2) is 78.9 Å². The number of hydrogen-bond donors (Lipinski definition) is 0. The minimum atomic E-state index is -0.847. The van der Waals surface area contributed by atoms with Gasteiger partial charge in [0.25, 0.3) is 0 Å². The fraction of sp³-hybridized carbons (Fsp3) is 0.296. The van der Waals surface area contributed by atoms with Crippen molar-refractivity contribution in [2.75, 3.05) is 20.1 Å². The molecule has 1 fully saturated rings. The molecule has 1 aliphatic heterocycles. The van der Waals surface area contributed by atoms with Crippen molar-refractivity contribution in [1.29, 1.82) is 0 Å². The number of likely N-dealkylation sites (tertiary alicyclic amines) is 1. The van der Waals surface area contributed by atoms with Crippen molar-refractivity contribution in [2.45, 2.75) is 25.5 Å². The zero-order chi connectivity index (χ0) is 22.6. The molecule has 33 heavy (non-hydrogen) atoms. The van der Waals surface area contributed by atoms with E-state index < -0.39 is 17.7 Å². The highest BCUT2D eigenvalue weighted by molar-refractivity contribution is 5.70. The first-order valence-electron chi connectivity index (χ1n) is 11.0. The molecule has 0 bridgehead atoms. The Hall–Kier alpha value is -2.32. The van der Waals surface area contributed by atoms with Gasteiger partial charge in [-0.3, -0.25) is 4.79 Å². The number of carbonyl (C=O) groups is 1. The Morgan fingerprint density at radius 1 is 0.970 bits per heavy atom. The van der Waals surface area contributed by atoms with E-state index in [1.54, 1.807) is 24.3 Å². The molecule has 0 N–H and O–H groups in total. The number of esters is 1. The van der Waals surface area contributed by atoms with Crippen LogP contribution >= 0.6 is 0 Å². The Balaban J connectivity index is 0.00000306. The fourth-order valence-electron chi connectivity index (χ4n) is 4.72. The molecule has 0 saturated carbocycles. The second-order valence-corrected chi connectivity index (χ2v) is 9.01. The summed E-state index contributed by atoms with van der Waals surface area (Å²) in [5, 5.41) is 0. The van der Waals surface area contributed by atoms with Gasteiger partial charge in [-0.25, -0.2) is 8.78 Å². The summed E-state index contributed by atoms with van der Waals surface area (Å²) in [4.78, 5) is 12.9. The zero-order valence-corrected chi connectivity index (χ0v) is 20.8. The summed E-state index contributed by atoms with van der Waals surface area (Å²) < 4.78 is 34.4. The van der Waals surface area contributed by atoms with E-state index in [2.05, 4.69) is 19.2 Å². The number of quaternary nitrogens is 1. The van der Waals surface area contributed by atoms with Gasteiger partial charge in [0.2, 0.25) is 0 Å². The lowest BCUT2D eigenvalue weighted by Gasteiger charge is -2.30. The highest BCUT2D eigenvalue weighted by atomic mass is 127. The summed E-state index contributed by atoms with van der Waals surface area (Å²) in [6.07, 6.45) is 0.396. The van der Waals surface area contributed by atoms with Gasteiger partial charge in [-0.1, -0.05) is 54.6 Å². The van der Waals surface area contributed by atoms with Crippen molar-refractivity contribution in [3.8, 4) is 0 Å². The van der Waals surface area contributed by atoms with E-state index in [4.69, 9.17) is 4.74 Å². The molecule has 6 heteroatoms. The molecule has 0 aliphatic carbocycles. The van der Waals surface area contributed by atoms with Gasteiger partial charge in [0, 0.05) is 17.9 Å². The Morgan fingerprint density at radius 2 is 1.58 bits per heavy atom. The Kier molecular flexibility index (Phi) is 8.59. The third-order valence-electron chi connectivity index (χ3n) is 6.19. The molecule has 3 nitrogen and oxygen atoms in total. The van der Waals surface area contributed by atoms with Crippen LogP contribution in [0.5, 0.6) is 0 Å². The number of carbonyl (C=O) groups excluding carboxylic acids is 1. The number of benzene rings is 3. The summed E-state index contributed by atoms with van der Waals surface area (Å²) in [5.74, 6) is -0.979. The van der Waals surface area contributed by atoms with Gasteiger partial charge in [0.05, 0.1) is 26.6 Å². The second kappa shape index (κ2) is 11.2. The topological polar surface area (TPSA) is 26.3 Å².